The highest BCUT2D eigenvalue weighted by Crippen LogP contribution is 2.56. The first-order valence-corrected chi connectivity index (χ1v) is 19.2. The van der Waals surface area contributed by atoms with Crippen LogP contribution in [0.3, 0.4) is 0 Å². The van der Waals surface area contributed by atoms with E-state index in [0.717, 1.165) is 44.5 Å². The minimum Gasteiger partial charge on any atom is -0.452 e. The van der Waals surface area contributed by atoms with Crippen LogP contribution in [-0.2, 0) is 32.5 Å². The van der Waals surface area contributed by atoms with Crippen molar-refractivity contribution in [3.8, 4) is 23.0 Å². The molecule has 2 aliphatic rings. The fourth-order valence-corrected chi connectivity index (χ4v) is 7.55. The van der Waals surface area contributed by atoms with Gasteiger partial charge in [0.05, 0.1) is 22.7 Å². The lowest BCUT2D eigenvalue weighted by atomic mass is 9.71. The zero-order chi connectivity index (χ0) is 40.3. The van der Waals surface area contributed by atoms with Crippen LogP contribution in [0, 0.1) is 0 Å². The third-order valence-electron chi connectivity index (χ3n) is 11.5. The number of fused-ring (bicyclic) bond motifs is 4. The van der Waals surface area contributed by atoms with Gasteiger partial charge in [-0.1, -0.05) is 135 Å². The lowest BCUT2D eigenvalue weighted by Gasteiger charge is -2.39. The molecule has 0 spiro atoms. The summed E-state index contributed by atoms with van der Waals surface area (Å²) in [6, 6.07) is 16.5. The lowest BCUT2D eigenvalue weighted by molar-refractivity contribution is 0.262. The van der Waals surface area contributed by atoms with Gasteiger partial charge in [0, 0.05) is 33.1 Å². The second kappa shape index (κ2) is 12.2. The first kappa shape index (κ1) is 39.1. The Labute approximate surface area is 323 Å². The van der Waals surface area contributed by atoms with Crippen molar-refractivity contribution in [2.24, 2.45) is 0 Å². The predicted octanol–water partition coefficient (Wildman–Crippen LogP) is 12.5. The van der Waals surface area contributed by atoms with E-state index < -0.39 is 16.9 Å². The number of nitrogens with two attached hydrogens (primary N) is 2. The lowest BCUT2D eigenvalue weighted by Crippen LogP contribution is -2.30. The fourth-order valence-electron chi connectivity index (χ4n) is 7.55. The van der Waals surface area contributed by atoms with Crippen molar-refractivity contribution in [1.82, 2.24) is 0 Å². The Morgan fingerprint density at radius 1 is 0.463 bits per heavy atom. The summed E-state index contributed by atoms with van der Waals surface area (Å²) in [5.41, 5.74) is 22.7. The number of amides is 2. The number of nitrogens with one attached hydrogen (secondary N) is 2. The first-order valence-electron chi connectivity index (χ1n) is 19.2. The largest absolute Gasteiger partial charge is 0.452 e. The molecule has 0 atom stereocenters. The molecule has 4 aromatic carbocycles. The molecule has 0 aliphatic carbocycles. The van der Waals surface area contributed by atoms with Crippen LogP contribution in [0.1, 0.15) is 155 Å². The fraction of sp³-hybridized carbons (Fsp3) is 0.468. The number of hydrogen-bond donors (Lipinski definition) is 4. The van der Waals surface area contributed by atoms with Gasteiger partial charge in [-0.15, -0.1) is 0 Å². The van der Waals surface area contributed by atoms with Gasteiger partial charge >= 0.3 is 6.03 Å². The third kappa shape index (κ3) is 6.69. The Kier molecular flexibility index (Phi) is 8.81. The molecule has 0 bridgehead atoms. The molecule has 288 valence electrons. The first-order chi connectivity index (χ1) is 24.5. The molecule has 54 heavy (non-hydrogen) atoms. The third-order valence-corrected chi connectivity index (χ3v) is 11.5. The van der Waals surface area contributed by atoms with Crippen molar-refractivity contribution in [2.75, 3.05) is 22.1 Å². The van der Waals surface area contributed by atoms with Crippen LogP contribution in [0.2, 0.25) is 0 Å². The van der Waals surface area contributed by atoms with Crippen LogP contribution >= 0.6 is 0 Å². The number of benzene rings is 4. The highest BCUT2D eigenvalue weighted by molar-refractivity contribution is 6.02. The number of anilines is 4. The smallest absolute Gasteiger partial charge is 0.323 e. The van der Waals surface area contributed by atoms with Crippen LogP contribution in [0.15, 0.2) is 48.5 Å². The SMILES string of the molecule is CC(C)(C)c1cc(N)c2c(c1)C(C)(C)c1cc(C(C)(C)C)cc(NC(=O)Nc3cc(C(C)(C)C)cc4c3Oc3c(N)cc(C(C)(C)C)cc3C4(C)C)c1O2. The molecule has 0 aromatic heterocycles. The Morgan fingerprint density at radius 3 is 1.00 bits per heavy atom. The summed E-state index contributed by atoms with van der Waals surface area (Å²) in [4.78, 5) is 14.4. The summed E-state index contributed by atoms with van der Waals surface area (Å²) in [6.45, 7) is 35.0. The van der Waals surface area contributed by atoms with Gasteiger partial charge in [0.1, 0.15) is 0 Å². The van der Waals surface area contributed by atoms with E-state index in [1.807, 2.05) is 24.3 Å². The second-order valence-corrected chi connectivity index (χ2v) is 20.7. The average Bonchev–Trinajstić information content (AvgIpc) is 3.00. The van der Waals surface area contributed by atoms with Crippen LogP contribution in [0.4, 0.5) is 27.5 Å². The molecule has 0 radical (unpaired) electrons. The number of nitrogen functional groups attached to an aromatic ring is 2. The molecule has 2 amide bonds. The van der Waals surface area contributed by atoms with Crippen LogP contribution in [0.5, 0.6) is 23.0 Å². The zero-order valence-corrected chi connectivity index (χ0v) is 35.5. The molecule has 2 heterocycles. The van der Waals surface area contributed by atoms with Crippen LogP contribution < -0.4 is 31.6 Å². The summed E-state index contributed by atoms with van der Waals surface area (Å²) in [6.07, 6.45) is 0. The van der Waals surface area contributed by atoms with Gasteiger partial charge < -0.3 is 31.6 Å². The van der Waals surface area contributed by atoms with E-state index >= 15 is 0 Å². The molecule has 0 saturated heterocycles. The molecule has 2 aliphatic heterocycles. The molecular weight excluding hydrogens is 669 g/mol. The van der Waals surface area contributed by atoms with Crippen molar-refractivity contribution in [3.63, 3.8) is 0 Å². The van der Waals surface area contributed by atoms with Crippen molar-refractivity contribution in [3.05, 3.63) is 93.0 Å². The average molecular weight is 731 g/mol. The monoisotopic (exact) mass is 730 g/mol. The Morgan fingerprint density at radius 2 is 0.722 bits per heavy atom. The minimum atomic E-state index is -0.466. The van der Waals surface area contributed by atoms with Gasteiger partial charge in [0.25, 0.3) is 0 Å². The van der Waals surface area contributed by atoms with E-state index in [4.69, 9.17) is 20.9 Å². The summed E-state index contributed by atoms with van der Waals surface area (Å²) in [5, 5.41) is 6.40. The number of urea groups is 1. The van der Waals surface area contributed by atoms with Crippen LogP contribution in [-0.4, -0.2) is 6.03 Å². The molecule has 6 rings (SSSR count). The summed E-state index contributed by atoms with van der Waals surface area (Å²) < 4.78 is 13.4. The Bertz CT molecular complexity index is 2040. The number of carbonyl (C=O) groups excluding carboxylic acids is 1. The summed E-state index contributed by atoms with van der Waals surface area (Å²) in [5.74, 6) is 2.43. The molecule has 4 aromatic rings. The minimum absolute atomic E-state index is 0.0941. The van der Waals surface area contributed by atoms with Gasteiger partial charge in [0.2, 0.25) is 0 Å². The highest BCUT2D eigenvalue weighted by atomic mass is 16.5. The quantitative estimate of drug-likeness (QED) is 0.153. The summed E-state index contributed by atoms with van der Waals surface area (Å²) in [7, 11) is 0. The van der Waals surface area contributed by atoms with E-state index in [1.165, 1.54) is 0 Å². The predicted molar refractivity (Wildman–Crippen MR) is 226 cm³/mol. The van der Waals surface area contributed by atoms with Crippen molar-refractivity contribution in [2.45, 2.75) is 143 Å². The van der Waals surface area contributed by atoms with Gasteiger partial charge in [-0.25, -0.2) is 4.79 Å². The van der Waals surface area contributed by atoms with E-state index in [-0.39, 0.29) is 21.7 Å². The second-order valence-electron chi connectivity index (χ2n) is 20.7. The van der Waals surface area contributed by atoms with Gasteiger partial charge in [-0.05, 0) is 68.2 Å². The molecule has 7 heteroatoms. The topological polar surface area (TPSA) is 112 Å². The number of ether oxygens (including phenoxy) is 2. The van der Waals surface area contributed by atoms with E-state index in [9.17, 15) is 4.79 Å². The maximum absolute atomic E-state index is 14.4. The van der Waals surface area contributed by atoms with Crippen LogP contribution in [0.25, 0.3) is 0 Å². The normalized spacial score (nSPS) is 15.9. The van der Waals surface area contributed by atoms with E-state index in [0.29, 0.717) is 45.7 Å². The zero-order valence-electron chi connectivity index (χ0n) is 35.5. The standard InChI is InChI=1S/C47H62N4O3/c1-42(2,3)25-17-29-37(33(48)21-25)53-39-31(46(29,13)14)19-27(44(7,8)9)23-35(39)50-41(52)51-36-24-28(45(10,11)12)20-32-40(36)54-38-30(47(32,15)16)18-26(22-34(38)49)43(4,5)6/h17-24H,48-49H2,1-16H3,(H2,50,51,52). The molecule has 6 N–H and O–H groups in total. The molecule has 0 unspecified atom stereocenters. The van der Waals surface area contributed by atoms with Gasteiger partial charge in [-0.2, -0.15) is 0 Å². The molecule has 7 nitrogen and oxygen atoms in total. The van der Waals surface area contributed by atoms with Crippen molar-refractivity contribution in [1.29, 1.82) is 0 Å². The Balaban J connectivity index is 1.46. The molecule has 0 fully saturated rings. The molecular formula is C47H62N4O3. The maximum Gasteiger partial charge on any atom is 0.323 e. The van der Waals surface area contributed by atoms with Crippen molar-refractivity contribution >= 4 is 28.8 Å². The van der Waals surface area contributed by atoms with Gasteiger partial charge in [-0.3, -0.25) is 0 Å². The van der Waals surface area contributed by atoms with Crippen molar-refractivity contribution < 1.29 is 14.3 Å². The molecule has 0 saturated carbocycles. The van der Waals surface area contributed by atoms with Gasteiger partial charge in [0.15, 0.2) is 23.0 Å². The summed E-state index contributed by atoms with van der Waals surface area (Å²) >= 11 is 0. The highest BCUT2D eigenvalue weighted by Gasteiger charge is 2.41. The Hall–Kier alpha value is -4.65. The number of hydrogen-bond acceptors (Lipinski definition) is 5. The maximum atomic E-state index is 14.4. The van der Waals surface area contributed by atoms with E-state index in [1.54, 1.807) is 0 Å². The number of carbonyl (C=O) groups is 1. The van der Waals surface area contributed by atoms with E-state index in [2.05, 4.69) is 146 Å². The number of rotatable bonds is 2.